The highest BCUT2D eigenvalue weighted by Gasteiger charge is 2.15. The van der Waals surface area contributed by atoms with Gasteiger partial charge in [-0.1, -0.05) is 29.3 Å². The Bertz CT molecular complexity index is 1020. The minimum atomic E-state index is -0.498. The minimum Gasteiger partial charge on any atom is -0.462 e. The molecule has 0 radical (unpaired) electrons. The summed E-state index contributed by atoms with van der Waals surface area (Å²) in [6.07, 6.45) is 2.84. The molecule has 0 fully saturated rings. The third kappa shape index (κ3) is 5.18. The van der Waals surface area contributed by atoms with Gasteiger partial charge in [-0.2, -0.15) is 4.98 Å². The number of hydrogen-bond donors (Lipinski definition) is 2. The van der Waals surface area contributed by atoms with Crippen molar-refractivity contribution in [3.8, 4) is 0 Å². The summed E-state index contributed by atoms with van der Waals surface area (Å²) in [7, 11) is 0. The molecule has 0 bridgehead atoms. The zero-order valence-corrected chi connectivity index (χ0v) is 16.7. The van der Waals surface area contributed by atoms with E-state index >= 15 is 0 Å². The Morgan fingerprint density at radius 2 is 1.79 bits per heavy atom. The molecule has 29 heavy (non-hydrogen) atoms. The summed E-state index contributed by atoms with van der Waals surface area (Å²) in [4.78, 5) is 36.5. The quantitative estimate of drug-likeness (QED) is 0.558. The van der Waals surface area contributed by atoms with E-state index in [9.17, 15) is 9.59 Å². The van der Waals surface area contributed by atoms with Crippen LogP contribution in [-0.4, -0.2) is 33.4 Å². The zero-order valence-electron chi connectivity index (χ0n) is 15.1. The Labute approximate surface area is 176 Å². The Morgan fingerprint density at radius 1 is 1.03 bits per heavy atom. The first-order valence-corrected chi connectivity index (χ1v) is 9.22. The van der Waals surface area contributed by atoms with E-state index in [0.29, 0.717) is 11.4 Å². The Hall–Kier alpha value is -3.23. The number of halogens is 2. The number of rotatable bonds is 6. The van der Waals surface area contributed by atoms with Gasteiger partial charge in [-0.05, 0) is 37.3 Å². The highest BCUT2D eigenvalue weighted by atomic mass is 35.5. The maximum absolute atomic E-state index is 12.5. The van der Waals surface area contributed by atoms with Crippen LogP contribution in [0.4, 0.5) is 17.6 Å². The summed E-state index contributed by atoms with van der Waals surface area (Å²) in [5, 5.41) is 5.97. The molecular weight excluding hydrogens is 417 g/mol. The van der Waals surface area contributed by atoms with Crippen LogP contribution < -0.4 is 10.6 Å². The fraction of sp³-hybridized carbons (Fsp3) is 0.105. The lowest BCUT2D eigenvalue weighted by Gasteiger charge is -2.09. The molecule has 3 rings (SSSR count). The van der Waals surface area contributed by atoms with Gasteiger partial charge in [-0.3, -0.25) is 4.79 Å². The van der Waals surface area contributed by atoms with E-state index in [2.05, 4.69) is 25.6 Å². The van der Waals surface area contributed by atoms with Crippen LogP contribution in [0.2, 0.25) is 10.0 Å². The maximum atomic E-state index is 12.5. The number of nitrogens with zero attached hydrogens (tertiary/aromatic N) is 3. The van der Waals surface area contributed by atoms with Gasteiger partial charge in [0.15, 0.2) is 0 Å². The summed E-state index contributed by atoms with van der Waals surface area (Å²) < 4.78 is 4.91. The summed E-state index contributed by atoms with van der Waals surface area (Å²) >= 11 is 12.1. The number of amides is 1. The van der Waals surface area contributed by atoms with E-state index in [1.807, 2.05) is 0 Å². The van der Waals surface area contributed by atoms with Crippen LogP contribution in [0, 0.1) is 0 Å². The first-order chi connectivity index (χ1) is 14.0. The van der Waals surface area contributed by atoms with Crippen LogP contribution >= 0.6 is 23.2 Å². The van der Waals surface area contributed by atoms with Crippen molar-refractivity contribution >= 4 is 52.7 Å². The van der Waals surface area contributed by atoms with E-state index in [1.165, 1.54) is 18.5 Å². The molecule has 8 nitrogen and oxygen atoms in total. The molecule has 0 spiro atoms. The van der Waals surface area contributed by atoms with Crippen LogP contribution in [0.3, 0.4) is 0 Å². The normalized spacial score (nSPS) is 10.3. The van der Waals surface area contributed by atoms with Gasteiger partial charge in [0, 0.05) is 12.4 Å². The van der Waals surface area contributed by atoms with Gasteiger partial charge in [0.25, 0.3) is 5.91 Å². The number of carbonyl (C=O) groups is 2. The maximum Gasteiger partial charge on any atom is 0.339 e. The average molecular weight is 432 g/mol. The second kappa shape index (κ2) is 9.31. The van der Waals surface area contributed by atoms with Gasteiger partial charge in [-0.25, -0.2) is 14.8 Å². The molecule has 2 N–H and O–H groups in total. The lowest BCUT2D eigenvalue weighted by Crippen LogP contribution is -2.14. The molecule has 0 aliphatic heterocycles. The standard InChI is InChI=1S/C19H15Cl2N5O3/c1-2-29-18(28)11-6-7-14(23-10-11)25-19-22-9-8-15(26-19)24-17(27)16-12(20)4-3-5-13(16)21/h3-10H,2H2,1H3,(H2,22,23,24,25,26,27). The number of nitrogens with one attached hydrogen (secondary N) is 2. The molecule has 1 amide bonds. The molecule has 1 aromatic carbocycles. The number of benzene rings is 1. The number of esters is 1. The molecule has 0 atom stereocenters. The summed E-state index contributed by atoms with van der Waals surface area (Å²) in [5.41, 5.74) is 0.483. The molecule has 148 valence electrons. The third-order valence-electron chi connectivity index (χ3n) is 3.60. The Kier molecular flexibility index (Phi) is 6.58. The second-order valence-electron chi connectivity index (χ2n) is 5.59. The number of ether oxygens (including phenoxy) is 1. The summed E-state index contributed by atoms with van der Waals surface area (Å²) in [5.74, 6) is -0.0975. The van der Waals surface area contributed by atoms with Crippen LogP contribution in [0.15, 0.2) is 48.8 Å². The molecular formula is C19H15Cl2N5O3. The smallest absolute Gasteiger partial charge is 0.339 e. The number of pyridine rings is 1. The molecule has 10 heteroatoms. The first-order valence-electron chi connectivity index (χ1n) is 8.46. The van der Waals surface area contributed by atoms with E-state index in [1.54, 1.807) is 37.3 Å². The van der Waals surface area contributed by atoms with Gasteiger partial charge in [0.1, 0.15) is 11.6 Å². The number of anilines is 3. The topological polar surface area (TPSA) is 106 Å². The van der Waals surface area contributed by atoms with E-state index in [0.717, 1.165) is 0 Å². The van der Waals surface area contributed by atoms with Gasteiger partial charge in [0.2, 0.25) is 5.95 Å². The number of carbonyl (C=O) groups excluding carboxylic acids is 2. The predicted molar refractivity (Wildman–Crippen MR) is 110 cm³/mol. The fourth-order valence-corrected chi connectivity index (χ4v) is 2.87. The van der Waals surface area contributed by atoms with Crippen molar-refractivity contribution in [3.05, 3.63) is 70.0 Å². The highest BCUT2D eigenvalue weighted by molar-refractivity contribution is 6.40. The predicted octanol–water partition coefficient (Wildman–Crippen LogP) is 4.35. The van der Waals surface area contributed by atoms with Crippen LogP contribution in [0.5, 0.6) is 0 Å². The van der Waals surface area contributed by atoms with Gasteiger partial charge in [0.05, 0.1) is 27.8 Å². The monoisotopic (exact) mass is 431 g/mol. The molecule has 0 saturated heterocycles. The molecule has 2 aromatic heterocycles. The Balaban J connectivity index is 1.71. The lowest BCUT2D eigenvalue weighted by atomic mass is 10.2. The van der Waals surface area contributed by atoms with Crippen LogP contribution in [0.1, 0.15) is 27.6 Å². The highest BCUT2D eigenvalue weighted by Crippen LogP contribution is 2.25. The van der Waals surface area contributed by atoms with Crippen LogP contribution in [-0.2, 0) is 4.74 Å². The van der Waals surface area contributed by atoms with Crippen molar-refractivity contribution in [3.63, 3.8) is 0 Å². The first kappa shape index (κ1) is 20.5. The minimum absolute atomic E-state index is 0.153. The van der Waals surface area contributed by atoms with Gasteiger partial charge < -0.3 is 15.4 Å². The molecule has 2 heterocycles. The van der Waals surface area contributed by atoms with E-state index < -0.39 is 11.9 Å². The molecule has 0 unspecified atom stereocenters. The number of hydrogen-bond acceptors (Lipinski definition) is 7. The molecule has 3 aromatic rings. The van der Waals surface area contributed by atoms with Crippen molar-refractivity contribution in [2.24, 2.45) is 0 Å². The summed E-state index contributed by atoms with van der Waals surface area (Å²) in [6.45, 7) is 2.01. The van der Waals surface area contributed by atoms with Gasteiger partial charge >= 0.3 is 5.97 Å². The Morgan fingerprint density at radius 3 is 2.45 bits per heavy atom. The number of aromatic nitrogens is 3. The van der Waals surface area contributed by atoms with E-state index in [-0.39, 0.29) is 34.0 Å². The second-order valence-corrected chi connectivity index (χ2v) is 6.41. The lowest BCUT2D eigenvalue weighted by molar-refractivity contribution is 0.0526. The molecule has 0 aliphatic carbocycles. The van der Waals surface area contributed by atoms with Crippen molar-refractivity contribution in [2.75, 3.05) is 17.2 Å². The van der Waals surface area contributed by atoms with Crippen molar-refractivity contribution < 1.29 is 14.3 Å². The summed E-state index contributed by atoms with van der Waals surface area (Å²) in [6, 6.07) is 9.46. The average Bonchev–Trinajstić information content (AvgIpc) is 2.69. The SMILES string of the molecule is CCOC(=O)c1ccc(Nc2nccc(NC(=O)c3c(Cl)cccc3Cl)n2)nc1. The van der Waals surface area contributed by atoms with Crippen molar-refractivity contribution in [1.82, 2.24) is 15.0 Å². The molecule has 0 saturated carbocycles. The van der Waals surface area contributed by atoms with E-state index in [4.69, 9.17) is 27.9 Å². The third-order valence-corrected chi connectivity index (χ3v) is 4.23. The molecule has 0 aliphatic rings. The largest absolute Gasteiger partial charge is 0.462 e. The van der Waals surface area contributed by atoms with Crippen molar-refractivity contribution in [1.29, 1.82) is 0 Å². The van der Waals surface area contributed by atoms with Crippen LogP contribution in [0.25, 0.3) is 0 Å². The fourth-order valence-electron chi connectivity index (χ4n) is 2.30. The van der Waals surface area contributed by atoms with Gasteiger partial charge in [-0.15, -0.1) is 0 Å². The van der Waals surface area contributed by atoms with Crippen molar-refractivity contribution in [2.45, 2.75) is 6.92 Å². The zero-order chi connectivity index (χ0) is 20.8.